The molecule has 1 saturated heterocycles. The minimum absolute atomic E-state index is 0.237. The fourth-order valence-corrected chi connectivity index (χ4v) is 4.42. The Morgan fingerprint density at radius 3 is 2.83 bits per heavy atom. The zero-order valence-electron chi connectivity index (χ0n) is 16.8. The number of aromatic nitrogens is 3. The molecule has 0 atom stereocenters. The highest BCUT2D eigenvalue weighted by atomic mass is 35.5. The van der Waals surface area contributed by atoms with E-state index in [4.69, 9.17) is 19.4 Å². The summed E-state index contributed by atoms with van der Waals surface area (Å²) >= 11 is 7.97. The van der Waals surface area contributed by atoms with Crippen molar-refractivity contribution in [3.8, 4) is 11.3 Å². The molecule has 2 aromatic heterocycles. The van der Waals surface area contributed by atoms with Gasteiger partial charge >= 0.3 is 0 Å². The summed E-state index contributed by atoms with van der Waals surface area (Å²) in [7, 11) is 6.09. The van der Waals surface area contributed by atoms with Gasteiger partial charge in [-0.05, 0) is 36.5 Å². The second kappa shape index (κ2) is 9.31. The Labute approximate surface area is 186 Å². The SMILES string of the molecule is [B]c1cnn2c(NCC3CCN(C(=O)CSC)CC3)cc(-c3ccccc3Cl)nc12. The van der Waals surface area contributed by atoms with Gasteiger partial charge in [-0.15, -0.1) is 0 Å². The summed E-state index contributed by atoms with van der Waals surface area (Å²) < 4.78 is 1.73. The number of nitrogens with zero attached hydrogens (tertiary/aromatic N) is 4. The lowest BCUT2D eigenvalue weighted by Gasteiger charge is -2.32. The summed E-state index contributed by atoms with van der Waals surface area (Å²) in [6.07, 6.45) is 5.54. The van der Waals surface area contributed by atoms with Crippen LogP contribution in [0.1, 0.15) is 12.8 Å². The Bertz CT molecular complexity index is 1050. The van der Waals surface area contributed by atoms with Gasteiger partial charge in [0.1, 0.15) is 13.7 Å². The second-order valence-electron chi connectivity index (χ2n) is 7.48. The van der Waals surface area contributed by atoms with Crippen LogP contribution in [0.25, 0.3) is 16.9 Å². The van der Waals surface area contributed by atoms with Crippen molar-refractivity contribution in [2.75, 3.05) is 37.0 Å². The number of piperidine rings is 1. The number of nitrogens with one attached hydrogen (secondary N) is 1. The molecule has 0 spiro atoms. The Kier molecular flexibility index (Phi) is 6.54. The number of halogens is 1. The topological polar surface area (TPSA) is 62.5 Å². The molecule has 9 heteroatoms. The van der Waals surface area contributed by atoms with Crippen molar-refractivity contribution >= 4 is 54.0 Å². The normalized spacial score (nSPS) is 14.9. The van der Waals surface area contributed by atoms with Crippen molar-refractivity contribution in [1.82, 2.24) is 19.5 Å². The Hall–Kier alpha value is -2.19. The van der Waals surface area contributed by atoms with E-state index in [1.54, 1.807) is 22.5 Å². The van der Waals surface area contributed by atoms with E-state index in [9.17, 15) is 4.79 Å². The predicted molar refractivity (Wildman–Crippen MR) is 125 cm³/mol. The van der Waals surface area contributed by atoms with Crippen LogP contribution >= 0.6 is 23.4 Å². The van der Waals surface area contributed by atoms with Crippen molar-refractivity contribution in [1.29, 1.82) is 0 Å². The molecule has 4 rings (SSSR count). The lowest BCUT2D eigenvalue weighted by Crippen LogP contribution is -2.40. The van der Waals surface area contributed by atoms with Gasteiger partial charge in [0, 0.05) is 42.5 Å². The molecule has 1 aliphatic rings. The van der Waals surface area contributed by atoms with Gasteiger partial charge in [-0.1, -0.05) is 29.8 Å². The Morgan fingerprint density at radius 2 is 2.10 bits per heavy atom. The maximum absolute atomic E-state index is 12.1. The number of carbonyl (C=O) groups is 1. The number of benzene rings is 1. The van der Waals surface area contributed by atoms with Crippen LogP contribution in [0.2, 0.25) is 5.02 Å². The molecule has 1 amide bonds. The molecular formula is C21H23BClN5OS. The maximum Gasteiger partial charge on any atom is 0.232 e. The summed E-state index contributed by atoms with van der Waals surface area (Å²) in [6, 6.07) is 9.58. The second-order valence-corrected chi connectivity index (χ2v) is 8.75. The lowest BCUT2D eigenvalue weighted by molar-refractivity contribution is -0.129. The molecule has 3 heterocycles. The fraction of sp³-hybridized carbons (Fsp3) is 0.381. The maximum atomic E-state index is 12.1. The molecule has 0 bridgehead atoms. The van der Waals surface area contributed by atoms with E-state index in [2.05, 4.69) is 15.4 Å². The van der Waals surface area contributed by atoms with Crippen molar-refractivity contribution in [3.63, 3.8) is 0 Å². The van der Waals surface area contributed by atoms with Crippen molar-refractivity contribution in [2.24, 2.45) is 5.92 Å². The molecule has 1 fully saturated rings. The third kappa shape index (κ3) is 4.44. The quantitative estimate of drug-likeness (QED) is 0.598. The standard InChI is InChI=1S/C21H23BClN5OS/c1-30-13-20(29)27-8-6-14(7-9-27)11-24-19-10-18(15-4-2-3-5-17(15)23)26-21-16(22)12-25-28(19)21/h2-5,10,12,14,24H,6-9,11,13H2,1H3. The first-order chi connectivity index (χ1) is 14.6. The van der Waals surface area contributed by atoms with Gasteiger partial charge in [0.2, 0.25) is 5.91 Å². The largest absolute Gasteiger partial charge is 0.370 e. The highest BCUT2D eigenvalue weighted by Crippen LogP contribution is 2.28. The van der Waals surface area contributed by atoms with E-state index in [-0.39, 0.29) is 5.91 Å². The molecule has 1 N–H and O–H groups in total. The highest BCUT2D eigenvalue weighted by Gasteiger charge is 2.22. The number of amides is 1. The van der Waals surface area contributed by atoms with Gasteiger partial charge in [-0.25, -0.2) is 4.98 Å². The first kappa shape index (κ1) is 21.1. The molecule has 0 aliphatic carbocycles. The molecule has 0 unspecified atom stereocenters. The monoisotopic (exact) mass is 439 g/mol. The first-order valence-electron chi connectivity index (χ1n) is 9.96. The minimum atomic E-state index is 0.237. The summed E-state index contributed by atoms with van der Waals surface area (Å²) in [5, 5.41) is 8.54. The van der Waals surface area contributed by atoms with Gasteiger partial charge in [-0.3, -0.25) is 4.79 Å². The summed E-state index contributed by atoms with van der Waals surface area (Å²) in [4.78, 5) is 18.7. The molecule has 154 valence electrons. The first-order valence-corrected chi connectivity index (χ1v) is 11.7. The van der Waals surface area contributed by atoms with Crippen LogP contribution in [0.3, 0.4) is 0 Å². The number of likely N-dealkylation sites (tertiary alicyclic amines) is 1. The van der Waals surface area contributed by atoms with Crippen LogP contribution in [0, 0.1) is 5.92 Å². The van der Waals surface area contributed by atoms with Crippen molar-refractivity contribution < 1.29 is 4.79 Å². The van der Waals surface area contributed by atoms with E-state index in [1.807, 2.05) is 41.5 Å². The average Bonchev–Trinajstić information content (AvgIpc) is 3.14. The average molecular weight is 440 g/mol. The number of hydrogen-bond donors (Lipinski definition) is 1. The zero-order valence-corrected chi connectivity index (χ0v) is 18.4. The van der Waals surface area contributed by atoms with Gasteiger partial charge in [0.15, 0.2) is 5.65 Å². The smallest absolute Gasteiger partial charge is 0.232 e. The lowest BCUT2D eigenvalue weighted by atomic mass is 9.97. The van der Waals surface area contributed by atoms with Crippen LogP contribution in [-0.2, 0) is 4.79 Å². The summed E-state index contributed by atoms with van der Waals surface area (Å²) in [5.74, 6) is 2.11. The van der Waals surface area contributed by atoms with E-state index in [0.717, 1.165) is 49.6 Å². The molecule has 6 nitrogen and oxygen atoms in total. The number of hydrogen-bond acceptors (Lipinski definition) is 5. The number of rotatable bonds is 6. The molecule has 3 aromatic rings. The molecule has 0 saturated carbocycles. The predicted octanol–water partition coefficient (Wildman–Crippen LogP) is 2.86. The number of thioether (sulfide) groups is 1. The van der Waals surface area contributed by atoms with E-state index in [1.165, 1.54) is 0 Å². The Morgan fingerprint density at radius 1 is 1.33 bits per heavy atom. The van der Waals surface area contributed by atoms with Gasteiger partial charge < -0.3 is 10.2 Å². The molecule has 1 aliphatic heterocycles. The molecule has 2 radical (unpaired) electrons. The minimum Gasteiger partial charge on any atom is -0.370 e. The zero-order chi connectivity index (χ0) is 21.1. The van der Waals surface area contributed by atoms with Gasteiger partial charge in [0.05, 0.1) is 11.4 Å². The van der Waals surface area contributed by atoms with Crippen molar-refractivity contribution in [2.45, 2.75) is 12.8 Å². The van der Waals surface area contributed by atoms with E-state index >= 15 is 0 Å². The summed E-state index contributed by atoms with van der Waals surface area (Å²) in [6.45, 7) is 2.43. The number of fused-ring (bicyclic) bond motifs is 1. The summed E-state index contributed by atoms with van der Waals surface area (Å²) in [5.41, 5.74) is 2.73. The van der Waals surface area contributed by atoms with Gasteiger partial charge in [0.25, 0.3) is 0 Å². The van der Waals surface area contributed by atoms with Crippen LogP contribution < -0.4 is 10.8 Å². The number of anilines is 1. The Balaban J connectivity index is 1.51. The molecule has 30 heavy (non-hydrogen) atoms. The van der Waals surface area contributed by atoms with Gasteiger partial charge in [-0.2, -0.15) is 21.4 Å². The van der Waals surface area contributed by atoms with E-state index in [0.29, 0.717) is 27.8 Å². The van der Waals surface area contributed by atoms with Crippen LogP contribution in [0.5, 0.6) is 0 Å². The third-order valence-corrected chi connectivity index (χ3v) is 6.32. The third-order valence-electron chi connectivity index (χ3n) is 5.46. The number of carbonyl (C=O) groups excluding carboxylic acids is 1. The molecular weight excluding hydrogens is 417 g/mol. The van der Waals surface area contributed by atoms with E-state index < -0.39 is 0 Å². The van der Waals surface area contributed by atoms with Crippen LogP contribution in [-0.4, -0.2) is 64.9 Å². The fourth-order valence-electron chi connectivity index (χ4n) is 3.76. The van der Waals surface area contributed by atoms with Crippen LogP contribution in [0.4, 0.5) is 5.82 Å². The van der Waals surface area contributed by atoms with Crippen molar-refractivity contribution in [3.05, 3.63) is 41.6 Å². The highest BCUT2D eigenvalue weighted by molar-refractivity contribution is 7.99. The van der Waals surface area contributed by atoms with Crippen LogP contribution in [0.15, 0.2) is 36.5 Å². The molecule has 1 aromatic carbocycles.